The maximum absolute atomic E-state index is 12.5. The maximum Gasteiger partial charge on any atom is 0.249 e. The van der Waals surface area contributed by atoms with Crippen LogP contribution in [0.1, 0.15) is 18.1 Å². The molecule has 3 aromatic rings. The molecule has 1 amide bonds. The third-order valence-electron chi connectivity index (χ3n) is 4.31. The first-order valence-electron chi connectivity index (χ1n) is 9.53. The van der Waals surface area contributed by atoms with E-state index in [2.05, 4.69) is 16.5 Å². The number of aromatic nitrogens is 2. The van der Waals surface area contributed by atoms with Crippen molar-refractivity contribution in [3.8, 4) is 23.3 Å². The minimum atomic E-state index is -0.392. The van der Waals surface area contributed by atoms with Crippen LogP contribution in [0.5, 0.6) is 11.5 Å². The van der Waals surface area contributed by atoms with Crippen molar-refractivity contribution >= 4 is 29.6 Å². The van der Waals surface area contributed by atoms with Crippen LogP contribution in [0.25, 0.3) is 11.8 Å². The van der Waals surface area contributed by atoms with E-state index in [0.29, 0.717) is 22.1 Å². The van der Waals surface area contributed by atoms with Crippen LogP contribution in [-0.4, -0.2) is 35.7 Å². The van der Waals surface area contributed by atoms with Crippen LogP contribution >= 0.6 is 11.8 Å². The fourth-order valence-electron chi connectivity index (χ4n) is 2.89. The Morgan fingerprint density at radius 2 is 1.94 bits per heavy atom. The van der Waals surface area contributed by atoms with Crippen molar-refractivity contribution in [2.75, 3.05) is 25.3 Å². The van der Waals surface area contributed by atoms with Gasteiger partial charge in [0.05, 0.1) is 19.9 Å². The fraction of sp³-hybridized carbons (Fsp3) is 0.174. The highest BCUT2D eigenvalue weighted by atomic mass is 32.2. The van der Waals surface area contributed by atoms with E-state index < -0.39 is 5.91 Å². The molecule has 1 aromatic heterocycles. The zero-order chi connectivity index (χ0) is 22.2. The zero-order valence-electron chi connectivity index (χ0n) is 17.5. The first-order chi connectivity index (χ1) is 15.1. The van der Waals surface area contributed by atoms with E-state index in [9.17, 15) is 10.1 Å². The predicted molar refractivity (Wildman–Crippen MR) is 122 cm³/mol. The van der Waals surface area contributed by atoms with Crippen LogP contribution in [0.3, 0.4) is 0 Å². The highest BCUT2D eigenvalue weighted by molar-refractivity contribution is 7.99. The van der Waals surface area contributed by atoms with Gasteiger partial charge in [-0.1, -0.05) is 31.2 Å². The molecular formula is C23H22N4O3S. The molecule has 31 heavy (non-hydrogen) atoms. The number of methoxy groups -OCH3 is 2. The van der Waals surface area contributed by atoms with Crippen LogP contribution < -0.4 is 14.8 Å². The maximum atomic E-state index is 12.5. The molecule has 0 saturated heterocycles. The zero-order valence-corrected chi connectivity index (χ0v) is 18.3. The van der Waals surface area contributed by atoms with Gasteiger partial charge < -0.3 is 14.8 Å². The van der Waals surface area contributed by atoms with Crippen molar-refractivity contribution in [3.63, 3.8) is 0 Å². The molecule has 0 spiro atoms. The molecule has 7 nitrogen and oxygen atoms in total. The standard InChI is InChI=1S/C23H22N4O3S/c1-4-31-23-18(15-24)22(26-27(23)17-8-6-5-7-9-17)25-21(28)13-11-16-10-12-19(29-2)20(14-16)30-3/h5-14H,4H2,1-3H3,(H,25,26,28). The Balaban J connectivity index is 1.86. The van der Waals surface area contributed by atoms with Crippen molar-refractivity contribution in [3.05, 3.63) is 65.7 Å². The smallest absolute Gasteiger partial charge is 0.249 e. The van der Waals surface area contributed by atoms with Gasteiger partial charge in [-0.05, 0) is 41.7 Å². The van der Waals surface area contributed by atoms with E-state index in [1.54, 1.807) is 37.1 Å². The summed E-state index contributed by atoms with van der Waals surface area (Å²) in [5.74, 6) is 1.77. The summed E-state index contributed by atoms with van der Waals surface area (Å²) < 4.78 is 12.2. The molecular weight excluding hydrogens is 412 g/mol. The van der Waals surface area contributed by atoms with Crippen molar-refractivity contribution in [2.24, 2.45) is 0 Å². The Bertz CT molecular complexity index is 1130. The van der Waals surface area contributed by atoms with Gasteiger partial charge in [0.1, 0.15) is 16.7 Å². The number of carbonyl (C=O) groups excluding carboxylic acids is 1. The van der Waals surface area contributed by atoms with Crippen LogP contribution in [0.4, 0.5) is 5.82 Å². The number of benzene rings is 2. The lowest BCUT2D eigenvalue weighted by atomic mass is 10.2. The molecule has 0 saturated carbocycles. The molecule has 0 aliphatic rings. The van der Waals surface area contributed by atoms with E-state index in [0.717, 1.165) is 17.0 Å². The van der Waals surface area contributed by atoms with Gasteiger partial charge in [-0.15, -0.1) is 16.9 Å². The average molecular weight is 435 g/mol. The number of hydrogen-bond acceptors (Lipinski definition) is 6. The van der Waals surface area contributed by atoms with Crippen molar-refractivity contribution in [1.29, 1.82) is 5.26 Å². The van der Waals surface area contributed by atoms with Crippen LogP contribution in [0, 0.1) is 11.3 Å². The van der Waals surface area contributed by atoms with Crippen molar-refractivity contribution in [1.82, 2.24) is 9.78 Å². The molecule has 0 aliphatic heterocycles. The fourth-order valence-corrected chi connectivity index (χ4v) is 3.72. The predicted octanol–water partition coefficient (Wildman–Crippen LogP) is 4.53. The van der Waals surface area contributed by atoms with Gasteiger partial charge in [0.15, 0.2) is 17.3 Å². The summed E-state index contributed by atoms with van der Waals surface area (Å²) in [7, 11) is 3.11. The summed E-state index contributed by atoms with van der Waals surface area (Å²) in [6.45, 7) is 2.00. The third-order valence-corrected chi connectivity index (χ3v) is 5.25. The number of nitrogens with zero attached hydrogens (tertiary/aromatic N) is 3. The topological polar surface area (TPSA) is 89.2 Å². The molecule has 1 N–H and O–H groups in total. The summed E-state index contributed by atoms with van der Waals surface area (Å²) in [6, 6.07) is 17.0. The number of nitriles is 1. The summed E-state index contributed by atoms with van der Waals surface area (Å²) in [4.78, 5) is 12.5. The quantitative estimate of drug-likeness (QED) is 0.414. The molecule has 0 unspecified atom stereocenters. The third kappa shape index (κ3) is 5.08. The average Bonchev–Trinajstić information content (AvgIpc) is 3.15. The number of anilines is 1. The number of amides is 1. The number of rotatable bonds is 8. The minimum absolute atomic E-state index is 0.226. The second-order valence-corrected chi connectivity index (χ2v) is 7.51. The van der Waals surface area contributed by atoms with Crippen molar-refractivity contribution in [2.45, 2.75) is 11.9 Å². The molecule has 8 heteroatoms. The Morgan fingerprint density at radius 1 is 1.19 bits per heavy atom. The number of carbonyl (C=O) groups is 1. The number of ether oxygens (including phenoxy) is 2. The SMILES string of the molecule is CCSc1c(C#N)c(NC(=O)C=Cc2ccc(OC)c(OC)c2)nn1-c1ccccc1. The molecule has 1 heterocycles. The molecule has 158 valence electrons. The van der Waals surface area contributed by atoms with E-state index in [1.165, 1.54) is 17.8 Å². The first-order valence-corrected chi connectivity index (χ1v) is 10.5. The lowest BCUT2D eigenvalue weighted by Gasteiger charge is -2.07. The molecule has 0 atom stereocenters. The van der Waals surface area contributed by atoms with E-state index in [1.807, 2.05) is 43.3 Å². The highest BCUT2D eigenvalue weighted by Gasteiger charge is 2.20. The number of nitrogens with one attached hydrogen (secondary N) is 1. The molecule has 0 radical (unpaired) electrons. The molecule has 2 aromatic carbocycles. The highest BCUT2D eigenvalue weighted by Crippen LogP contribution is 2.31. The number of para-hydroxylation sites is 1. The number of thioether (sulfide) groups is 1. The van der Waals surface area contributed by atoms with E-state index >= 15 is 0 Å². The monoisotopic (exact) mass is 434 g/mol. The summed E-state index contributed by atoms with van der Waals surface area (Å²) in [5, 5.41) is 17.6. The Morgan fingerprint density at radius 3 is 2.58 bits per heavy atom. The van der Waals surface area contributed by atoms with Gasteiger partial charge in [-0.2, -0.15) is 5.26 Å². The Labute approximate surface area is 185 Å². The van der Waals surface area contributed by atoms with Crippen LogP contribution in [0.15, 0.2) is 59.6 Å². The minimum Gasteiger partial charge on any atom is -0.493 e. The van der Waals surface area contributed by atoms with Crippen molar-refractivity contribution < 1.29 is 14.3 Å². The number of hydrogen-bond donors (Lipinski definition) is 1. The second-order valence-electron chi connectivity index (χ2n) is 6.26. The van der Waals surface area contributed by atoms with Gasteiger partial charge >= 0.3 is 0 Å². The van der Waals surface area contributed by atoms with E-state index in [-0.39, 0.29) is 5.82 Å². The van der Waals surface area contributed by atoms with Gasteiger partial charge in [0, 0.05) is 6.08 Å². The molecule has 0 aliphatic carbocycles. The van der Waals surface area contributed by atoms with Gasteiger partial charge in [0.25, 0.3) is 0 Å². The molecule has 0 fully saturated rings. The Kier molecular flexibility index (Phi) is 7.35. The van der Waals surface area contributed by atoms with Crippen LogP contribution in [-0.2, 0) is 4.79 Å². The normalized spacial score (nSPS) is 10.6. The van der Waals surface area contributed by atoms with Gasteiger partial charge in [-0.25, -0.2) is 4.68 Å². The largest absolute Gasteiger partial charge is 0.493 e. The summed E-state index contributed by atoms with van der Waals surface area (Å²) >= 11 is 1.50. The lowest BCUT2D eigenvalue weighted by Crippen LogP contribution is -2.09. The first kappa shape index (κ1) is 22.0. The molecule has 3 rings (SSSR count). The van der Waals surface area contributed by atoms with Crippen LogP contribution in [0.2, 0.25) is 0 Å². The summed E-state index contributed by atoms with van der Waals surface area (Å²) in [5.41, 5.74) is 1.92. The van der Waals surface area contributed by atoms with Gasteiger partial charge in [0.2, 0.25) is 5.91 Å². The van der Waals surface area contributed by atoms with Gasteiger partial charge in [-0.3, -0.25) is 4.79 Å². The van der Waals surface area contributed by atoms with E-state index in [4.69, 9.17) is 9.47 Å². The second kappa shape index (κ2) is 10.4. The lowest BCUT2D eigenvalue weighted by molar-refractivity contribution is -0.111. The molecule has 0 bridgehead atoms. The summed E-state index contributed by atoms with van der Waals surface area (Å²) in [6.07, 6.45) is 3.04. The Hall–Kier alpha value is -3.70.